The minimum atomic E-state index is -0.0272. The SMILES string of the molecule is CC[C@H](CC[C@@H](C)[C@H]1CCC2=C3CC[C@H]4C[C@@H](O)CC[C@]4(C)[C@@H]3CC[C@@]21C)C(C)C. The van der Waals surface area contributed by atoms with E-state index in [2.05, 4.69) is 41.5 Å². The first kappa shape index (κ1) is 22.9. The van der Waals surface area contributed by atoms with Crippen LogP contribution in [0.1, 0.15) is 119 Å². The Morgan fingerprint density at radius 3 is 2.43 bits per heavy atom. The van der Waals surface area contributed by atoms with Crippen molar-refractivity contribution in [1.29, 1.82) is 0 Å². The summed E-state index contributed by atoms with van der Waals surface area (Å²) in [4.78, 5) is 0. The van der Waals surface area contributed by atoms with Crippen molar-refractivity contribution in [2.45, 2.75) is 125 Å². The van der Waals surface area contributed by atoms with Crippen LogP contribution in [-0.4, -0.2) is 11.2 Å². The van der Waals surface area contributed by atoms with Crippen molar-refractivity contribution in [2.75, 3.05) is 0 Å². The van der Waals surface area contributed by atoms with Crippen molar-refractivity contribution in [1.82, 2.24) is 0 Å². The number of allylic oxidation sites excluding steroid dienone is 2. The van der Waals surface area contributed by atoms with Crippen molar-refractivity contribution >= 4 is 0 Å². The molecule has 172 valence electrons. The standard InChI is InChI=1S/C29H50O/c1-7-21(19(2)3)9-8-20(4)25-12-13-26-24-11-10-22-18-23(30)14-16-28(22,5)27(24)15-17-29(25,26)6/h19-23,25,27,30H,7-18H2,1-6H3/t20-,21-,22+,23+,25-,27-,28+,29-/m1/s1. The highest BCUT2D eigenvalue weighted by Gasteiger charge is 2.55. The highest BCUT2D eigenvalue weighted by molar-refractivity contribution is 5.34. The molecule has 0 aromatic rings. The summed E-state index contributed by atoms with van der Waals surface area (Å²) in [5, 5.41) is 10.3. The minimum Gasteiger partial charge on any atom is -0.393 e. The summed E-state index contributed by atoms with van der Waals surface area (Å²) in [6, 6.07) is 0. The van der Waals surface area contributed by atoms with Crippen LogP contribution in [0.25, 0.3) is 0 Å². The molecule has 30 heavy (non-hydrogen) atoms. The molecule has 1 N–H and O–H groups in total. The van der Waals surface area contributed by atoms with Crippen LogP contribution in [0.2, 0.25) is 0 Å². The molecule has 4 aliphatic rings. The Labute approximate surface area is 187 Å². The fourth-order valence-corrected chi connectivity index (χ4v) is 9.11. The van der Waals surface area contributed by atoms with Crippen molar-refractivity contribution in [3.63, 3.8) is 0 Å². The molecule has 0 unspecified atom stereocenters. The lowest BCUT2D eigenvalue weighted by Crippen LogP contribution is -2.48. The van der Waals surface area contributed by atoms with Gasteiger partial charge >= 0.3 is 0 Å². The normalized spacial score (nSPS) is 43.2. The molecule has 0 aliphatic heterocycles. The van der Waals surface area contributed by atoms with Crippen molar-refractivity contribution in [3.05, 3.63) is 11.1 Å². The Morgan fingerprint density at radius 2 is 1.73 bits per heavy atom. The first-order chi connectivity index (χ1) is 14.2. The van der Waals surface area contributed by atoms with E-state index in [-0.39, 0.29) is 6.10 Å². The molecule has 0 bridgehead atoms. The van der Waals surface area contributed by atoms with Gasteiger partial charge in [-0.15, -0.1) is 0 Å². The predicted octanol–water partition coefficient (Wildman–Crippen LogP) is 8.17. The molecule has 0 amide bonds. The van der Waals surface area contributed by atoms with Gasteiger partial charge in [0, 0.05) is 0 Å². The zero-order valence-electron chi connectivity index (χ0n) is 21.0. The van der Waals surface area contributed by atoms with Gasteiger partial charge in [-0.25, -0.2) is 0 Å². The maximum atomic E-state index is 10.3. The lowest BCUT2D eigenvalue weighted by Gasteiger charge is -2.56. The zero-order valence-corrected chi connectivity index (χ0v) is 21.0. The van der Waals surface area contributed by atoms with E-state index in [1.807, 2.05) is 11.1 Å². The van der Waals surface area contributed by atoms with Gasteiger partial charge in [-0.05, 0) is 111 Å². The minimum absolute atomic E-state index is 0.0272. The smallest absolute Gasteiger partial charge is 0.0543 e. The first-order valence-corrected chi connectivity index (χ1v) is 13.6. The summed E-state index contributed by atoms with van der Waals surface area (Å²) in [5.74, 6) is 5.11. The number of fused-ring (bicyclic) bond motifs is 4. The number of hydrogen-bond donors (Lipinski definition) is 1. The Morgan fingerprint density at radius 1 is 0.967 bits per heavy atom. The van der Waals surface area contributed by atoms with Gasteiger partial charge in [-0.1, -0.05) is 65.5 Å². The second-order valence-electron chi connectivity index (χ2n) is 12.8. The molecule has 0 saturated heterocycles. The highest BCUT2D eigenvalue weighted by Crippen LogP contribution is 2.65. The van der Waals surface area contributed by atoms with E-state index in [4.69, 9.17) is 0 Å². The van der Waals surface area contributed by atoms with Crippen LogP contribution in [0.4, 0.5) is 0 Å². The molecule has 0 aromatic heterocycles. The van der Waals surface area contributed by atoms with Crippen LogP contribution < -0.4 is 0 Å². The topological polar surface area (TPSA) is 20.2 Å². The van der Waals surface area contributed by atoms with Gasteiger partial charge in [0.05, 0.1) is 6.10 Å². The summed E-state index contributed by atoms with van der Waals surface area (Å²) in [6.45, 7) is 15.1. The van der Waals surface area contributed by atoms with Crippen LogP contribution in [0, 0.1) is 46.3 Å². The summed E-state index contributed by atoms with van der Waals surface area (Å²) in [7, 11) is 0. The van der Waals surface area contributed by atoms with E-state index < -0.39 is 0 Å². The Hall–Kier alpha value is -0.300. The van der Waals surface area contributed by atoms with Gasteiger partial charge in [0.15, 0.2) is 0 Å². The van der Waals surface area contributed by atoms with E-state index in [0.29, 0.717) is 10.8 Å². The molecule has 0 heterocycles. The summed E-state index contributed by atoms with van der Waals surface area (Å²) < 4.78 is 0. The van der Waals surface area contributed by atoms with Gasteiger partial charge in [-0.2, -0.15) is 0 Å². The molecule has 4 aliphatic carbocycles. The molecule has 4 rings (SSSR count). The number of aliphatic hydroxyl groups is 1. The fraction of sp³-hybridized carbons (Fsp3) is 0.931. The van der Waals surface area contributed by atoms with Crippen molar-refractivity contribution in [2.24, 2.45) is 46.3 Å². The Bertz CT molecular complexity index is 647. The van der Waals surface area contributed by atoms with Crippen LogP contribution in [0.3, 0.4) is 0 Å². The van der Waals surface area contributed by atoms with E-state index in [1.165, 1.54) is 64.2 Å². The van der Waals surface area contributed by atoms with Crippen LogP contribution >= 0.6 is 0 Å². The fourth-order valence-electron chi connectivity index (χ4n) is 9.11. The number of aliphatic hydroxyl groups excluding tert-OH is 1. The number of hydrogen-bond acceptors (Lipinski definition) is 1. The van der Waals surface area contributed by atoms with Crippen LogP contribution in [-0.2, 0) is 0 Å². The molecule has 0 radical (unpaired) electrons. The van der Waals surface area contributed by atoms with Gasteiger partial charge in [0.25, 0.3) is 0 Å². The molecule has 3 fully saturated rings. The first-order valence-electron chi connectivity index (χ1n) is 13.6. The Kier molecular flexibility index (Phi) is 6.53. The van der Waals surface area contributed by atoms with E-state index in [1.54, 1.807) is 0 Å². The average molecular weight is 415 g/mol. The maximum absolute atomic E-state index is 10.3. The second-order valence-corrected chi connectivity index (χ2v) is 12.8. The third kappa shape index (κ3) is 3.74. The average Bonchev–Trinajstić information content (AvgIpc) is 3.06. The predicted molar refractivity (Wildman–Crippen MR) is 128 cm³/mol. The molecular formula is C29H50O. The third-order valence-electron chi connectivity index (χ3n) is 11.2. The lowest BCUT2D eigenvalue weighted by molar-refractivity contribution is -0.0381. The van der Waals surface area contributed by atoms with Crippen molar-refractivity contribution < 1.29 is 5.11 Å². The molecule has 1 heteroatoms. The van der Waals surface area contributed by atoms with Crippen LogP contribution in [0.5, 0.6) is 0 Å². The molecule has 1 nitrogen and oxygen atoms in total. The van der Waals surface area contributed by atoms with Gasteiger partial charge in [0.1, 0.15) is 0 Å². The molecule has 8 atom stereocenters. The molecule has 0 spiro atoms. The maximum Gasteiger partial charge on any atom is 0.0543 e. The van der Waals surface area contributed by atoms with Crippen LogP contribution in [0.15, 0.2) is 11.1 Å². The Balaban J connectivity index is 1.52. The summed E-state index contributed by atoms with van der Waals surface area (Å²) in [6.07, 6.45) is 15.9. The van der Waals surface area contributed by atoms with E-state index in [0.717, 1.165) is 48.3 Å². The monoisotopic (exact) mass is 414 g/mol. The van der Waals surface area contributed by atoms with E-state index >= 15 is 0 Å². The molecule has 3 saturated carbocycles. The third-order valence-corrected chi connectivity index (χ3v) is 11.2. The lowest BCUT2D eigenvalue weighted by atomic mass is 9.49. The highest BCUT2D eigenvalue weighted by atomic mass is 16.3. The van der Waals surface area contributed by atoms with Gasteiger partial charge in [0.2, 0.25) is 0 Å². The molecule has 0 aromatic carbocycles. The zero-order chi connectivity index (χ0) is 21.7. The second kappa shape index (κ2) is 8.57. The van der Waals surface area contributed by atoms with Gasteiger partial charge < -0.3 is 5.11 Å². The molecular weight excluding hydrogens is 364 g/mol. The summed E-state index contributed by atoms with van der Waals surface area (Å²) in [5.41, 5.74) is 4.80. The van der Waals surface area contributed by atoms with Crippen molar-refractivity contribution in [3.8, 4) is 0 Å². The number of rotatable bonds is 6. The quantitative estimate of drug-likeness (QED) is 0.434. The summed E-state index contributed by atoms with van der Waals surface area (Å²) >= 11 is 0. The van der Waals surface area contributed by atoms with Gasteiger partial charge in [-0.3, -0.25) is 0 Å². The van der Waals surface area contributed by atoms with E-state index in [9.17, 15) is 5.11 Å². The largest absolute Gasteiger partial charge is 0.393 e.